The van der Waals surface area contributed by atoms with Crippen molar-refractivity contribution >= 4 is 17.7 Å². The lowest BCUT2D eigenvalue weighted by Gasteiger charge is -2.25. The predicted molar refractivity (Wildman–Crippen MR) is 79.0 cm³/mol. The quantitative estimate of drug-likeness (QED) is 0.870. The zero-order valence-corrected chi connectivity index (χ0v) is 12.4. The Hall–Kier alpha value is -2.04. The number of nitrogens with zero attached hydrogens (tertiary/aromatic N) is 1. The molecule has 1 aromatic rings. The van der Waals surface area contributed by atoms with E-state index in [0.717, 1.165) is 11.3 Å². The normalized spacial score (nSPS) is 13.4. The predicted octanol–water partition coefficient (Wildman–Crippen LogP) is 2.64. The molecule has 2 N–H and O–H groups in total. The molecule has 2 amide bonds. The monoisotopic (exact) mass is 278 g/mol. The summed E-state index contributed by atoms with van der Waals surface area (Å²) in [4.78, 5) is 24.8. The van der Waals surface area contributed by atoms with E-state index in [1.807, 2.05) is 38.1 Å². The second kappa shape index (κ2) is 6.93. The highest BCUT2D eigenvalue weighted by Crippen LogP contribution is 2.16. The van der Waals surface area contributed by atoms with Crippen LogP contribution in [0, 0.1) is 12.8 Å². The first kappa shape index (κ1) is 16.0. The van der Waals surface area contributed by atoms with Crippen molar-refractivity contribution in [1.29, 1.82) is 0 Å². The van der Waals surface area contributed by atoms with E-state index < -0.39 is 17.9 Å². The minimum Gasteiger partial charge on any atom is -0.481 e. The van der Waals surface area contributed by atoms with Gasteiger partial charge in [-0.15, -0.1) is 0 Å². The molecule has 1 rings (SSSR count). The number of carbonyl (C=O) groups is 2. The molecule has 0 aliphatic carbocycles. The van der Waals surface area contributed by atoms with Gasteiger partial charge in [-0.25, -0.2) is 4.79 Å². The van der Waals surface area contributed by atoms with Crippen molar-refractivity contribution in [3.63, 3.8) is 0 Å². The molecule has 0 fully saturated rings. The number of rotatable bonds is 5. The third kappa shape index (κ3) is 3.98. The van der Waals surface area contributed by atoms with Gasteiger partial charge >= 0.3 is 12.0 Å². The number of hydrogen-bond donors (Lipinski definition) is 2. The topological polar surface area (TPSA) is 69.6 Å². The number of carboxylic acids is 1. The van der Waals surface area contributed by atoms with Gasteiger partial charge in [-0.05, 0) is 45.4 Å². The molecule has 2 unspecified atom stereocenters. The standard InChI is InChI=1S/C15H22N2O3/c1-5-17(13-8-6-7-10(2)9-13)15(20)16-12(4)11(3)14(18)19/h6-9,11-12H,5H2,1-4H3,(H,16,20)(H,18,19). The maximum absolute atomic E-state index is 12.2. The van der Waals surface area contributed by atoms with Gasteiger partial charge in [0.2, 0.25) is 0 Å². The molecular weight excluding hydrogens is 256 g/mol. The van der Waals surface area contributed by atoms with Gasteiger partial charge in [0.05, 0.1) is 5.92 Å². The van der Waals surface area contributed by atoms with Gasteiger partial charge in [0.15, 0.2) is 0 Å². The van der Waals surface area contributed by atoms with Crippen LogP contribution in [0.15, 0.2) is 24.3 Å². The summed E-state index contributed by atoms with van der Waals surface area (Å²) in [6.45, 7) is 7.64. The molecule has 0 heterocycles. The number of carboxylic acid groups (broad SMARTS) is 1. The Kier molecular flexibility index (Phi) is 5.55. The largest absolute Gasteiger partial charge is 0.481 e. The summed E-state index contributed by atoms with van der Waals surface area (Å²) in [5.41, 5.74) is 1.88. The van der Waals surface area contributed by atoms with Crippen LogP contribution in [0.2, 0.25) is 0 Å². The molecule has 110 valence electrons. The number of hydrogen-bond acceptors (Lipinski definition) is 2. The molecule has 0 spiro atoms. The average Bonchev–Trinajstić information content (AvgIpc) is 2.38. The molecule has 2 atom stereocenters. The van der Waals surface area contributed by atoms with E-state index in [4.69, 9.17) is 5.11 Å². The van der Waals surface area contributed by atoms with E-state index in [9.17, 15) is 9.59 Å². The molecule has 5 heteroatoms. The molecule has 0 radical (unpaired) electrons. The first-order chi connectivity index (χ1) is 9.36. The number of benzene rings is 1. The van der Waals surface area contributed by atoms with E-state index in [-0.39, 0.29) is 6.03 Å². The molecule has 20 heavy (non-hydrogen) atoms. The Labute approximate surface area is 119 Å². The molecule has 0 bridgehead atoms. The summed E-state index contributed by atoms with van der Waals surface area (Å²) >= 11 is 0. The average molecular weight is 278 g/mol. The summed E-state index contributed by atoms with van der Waals surface area (Å²) < 4.78 is 0. The number of anilines is 1. The maximum Gasteiger partial charge on any atom is 0.322 e. The second-order valence-corrected chi connectivity index (χ2v) is 4.95. The molecule has 1 aromatic carbocycles. The van der Waals surface area contributed by atoms with E-state index >= 15 is 0 Å². The van der Waals surface area contributed by atoms with Gasteiger partial charge in [0, 0.05) is 18.3 Å². The Morgan fingerprint density at radius 2 is 2.00 bits per heavy atom. The fraction of sp³-hybridized carbons (Fsp3) is 0.467. The smallest absolute Gasteiger partial charge is 0.322 e. The molecule has 5 nitrogen and oxygen atoms in total. The van der Waals surface area contributed by atoms with Crippen molar-refractivity contribution in [3.8, 4) is 0 Å². The van der Waals surface area contributed by atoms with Gasteiger partial charge in [-0.3, -0.25) is 9.69 Å². The van der Waals surface area contributed by atoms with E-state index in [2.05, 4.69) is 5.32 Å². The first-order valence-corrected chi connectivity index (χ1v) is 6.74. The van der Waals surface area contributed by atoms with Crippen LogP contribution < -0.4 is 10.2 Å². The summed E-state index contributed by atoms with van der Waals surface area (Å²) in [6.07, 6.45) is 0. The fourth-order valence-corrected chi connectivity index (χ4v) is 1.85. The minimum absolute atomic E-state index is 0.279. The Morgan fingerprint density at radius 1 is 1.35 bits per heavy atom. The summed E-state index contributed by atoms with van der Waals surface area (Å²) in [5, 5.41) is 11.7. The van der Waals surface area contributed by atoms with Gasteiger partial charge in [-0.1, -0.05) is 12.1 Å². The van der Waals surface area contributed by atoms with Crippen molar-refractivity contribution in [1.82, 2.24) is 5.32 Å². The van der Waals surface area contributed by atoms with Crippen molar-refractivity contribution in [2.45, 2.75) is 33.7 Å². The summed E-state index contributed by atoms with van der Waals surface area (Å²) in [6, 6.07) is 6.93. The molecule has 0 aromatic heterocycles. The van der Waals surface area contributed by atoms with E-state index in [1.165, 1.54) is 0 Å². The van der Waals surface area contributed by atoms with Gasteiger partial charge in [0.1, 0.15) is 0 Å². The number of urea groups is 1. The van der Waals surface area contributed by atoms with Crippen LogP contribution in [0.1, 0.15) is 26.3 Å². The zero-order valence-electron chi connectivity index (χ0n) is 12.4. The van der Waals surface area contributed by atoms with E-state index in [0.29, 0.717) is 6.54 Å². The Morgan fingerprint density at radius 3 is 2.50 bits per heavy atom. The number of amides is 2. The van der Waals surface area contributed by atoms with Crippen molar-refractivity contribution < 1.29 is 14.7 Å². The number of carbonyl (C=O) groups excluding carboxylic acids is 1. The molecule has 0 aliphatic rings. The van der Waals surface area contributed by atoms with Crippen LogP contribution >= 0.6 is 0 Å². The third-order valence-electron chi connectivity index (χ3n) is 3.37. The highest BCUT2D eigenvalue weighted by molar-refractivity contribution is 5.92. The molecule has 0 aliphatic heterocycles. The number of aryl methyl sites for hydroxylation is 1. The number of aliphatic carboxylic acids is 1. The summed E-state index contributed by atoms with van der Waals surface area (Å²) in [5.74, 6) is -1.55. The van der Waals surface area contributed by atoms with Crippen molar-refractivity contribution in [2.24, 2.45) is 5.92 Å². The summed E-state index contributed by atoms with van der Waals surface area (Å²) in [7, 11) is 0. The van der Waals surface area contributed by atoms with E-state index in [1.54, 1.807) is 18.7 Å². The zero-order chi connectivity index (χ0) is 15.3. The fourth-order valence-electron chi connectivity index (χ4n) is 1.85. The van der Waals surface area contributed by atoms with Crippen LogP contribution in [0.3, 0.4) is 0 Å². The first-order valence-electron chi connectivity index (χ1n) is 6.74. The molecular formula is C15H22N2O3. The van der Waals surface area contributed by atoms with Crippen molar-refractivity contribution in [2.75, 3.05) is 11.4 Å². The number of nitrogens with one attached hydrogen (secondary N) is 1. The Bertz CT molecular complexity index is 488. The van der Waals surface area contributed by atoms with Crippen LogP contribution in [0.25, 0.3) is 0 Å². The van der Waals surface area contributed by atoms with Gasteiger partial charge < -0.3 is 10.4 Å². The van der Waals surface area contributed by atoms with Gasteiger partial charge in [-0.2, -0.15) is 0 Å². The highest BCUT2D eigenvalue weighted by Gasteiger charge is 2.23. The van der Waals surface area contributed by atoms with Gasteiger partial charge in [0.25, 0.3) is 0 Å². The SMILES string of the molecule is CCN(C(=O)NC(C)C(C)C(=O)O)c1cccc(C)c1. The minimum atomic E-state index is -0.920. The molecule has 0 saturated carbocycles. The lowest BCUT2D eigenvalue weighted by atomic mass is 10.0. The third-order valence-corrected chi connectivity index (χ3v) is 3.37. The Balaban J connectivity index is 2.80. The lowest BCUT2D eigenvalue weighted by molar-refractivity contribution is -0.141. The lowest BCUT2D eigenvalue weighted by Crippen LogP contribution is -2.47. The molecule has 0 saturated heterocycles. The van der Waals surface area contributed by atoms with Crippen LogP contribution in [-0.2, 0) is 4.79 Å². The van der Waals surface area contributed by atoms with Crippen LogP contribution in [0.4, 0.5) is 10.5 Å². The maximum atomic E-state index is 12.2. The second-order valence-electron chi connectivity index (χ2n) is 4.95. The van der Waals surface area contributed by atoms with Crippen molar-refractivity contribution in [3.05, 3.63) is 29.8 Å². The highest BCUT2D eigenvalue weighted by atomic mass is 16.4. The van der Waals surface area contributed by atoms with Crippen LogP contribution in [0.5, 0.6) is 0 Å². The van der Waals surface area contributed by atoms with Crippen LogP contribution in [-0.4, -0.2) is 29.7 Å².